The summed E-state index contributed by atoms with van der Waals surface area (Å²) in [6.07, 6.45) is 4.45. The quantitative estimate of drug-likeness (QED) is 0.884. The van der Waals surface area contributed by atoms with E-state index in [1.807, 2.05) is 55.8 Å². The molecule has 108 valence electrons. The molecular formula is C15H22N4O. The van der Waals surface area contributed by atoms with Crippen molar-refractivity contribution >= 4 is 11.6 Å². The summed E-state index contributed by atoms with van der Waals surface area (Å²) in [5.74, 6) is -0.267. The zero-order chi connectivity index (χ0) is 14.8. The Bertz CT molecular complexity index is 564. The number of hydrogen-bond donors (Lipinski definition) is 2. The first-order valence-corrected chi connectivity index (χ1v) is 6.84. The number of nitrogens with two attached hydrogens (primary N) is 1. The fraction of sp³-hybridized carbons (Fsp3) is 0.467. The molecule has 1 atom stereocenters. The number of aromatic nitrogens is 2. The number of pyridine rings is 1. The highest BCUT2D eigenvalue weighted by Crippen LogP contribution is 2.11. The molecule has 0 aromatic carbocycles. The van der Waals surface area contributed by atoms with Gasteiger partial charge in [-0.15, -0.1) is 0 Å². The number of amides is 1. The van der Waals surface area contributed by atoms with Gasteiger partial charge in [-0.05, 0) is 32.9 Å². The van der Waals surface area contributed by atoms with Gasteiger partial charge in [-0.25, -0.2) is 4.98 Å². The molecule has 0 aliphatic rings. The lowest BCUT2D eigenvalue weighted by molar-refractivity contribution is -0.126. The smallest absolute Gasteiger partial charge is 0.225 e. The molecule has 2 aromatic rings. The second-order valence-corrected chi connectivity index (χ2v) is 6.07. The van der Waals surface area contributed by atoms with Gasteiger partial charge in [0.25, 0.3) is 0 Å². The van der Waals surface area contributed by atoms with E-state index in [2.05, 4.69) is 10.3 Å². The maximum absolute atomic E-state index is 12.2. The molecule has 5 heteroatoms. The number of carbonyl (C=O) groups excluding carboxylic acids is 1. The van der Waals surface area contributed by atoms with E-state index < -0.39 is 0 Å². The van der Waals surface area contributed by atoms with Gasteiger partial charge < -0.3 is 15.5 Å². The van der Waals surface area contributed by atoms with Crippen LogP contribution in [0.15, 0.2) is 30.6 Å². The first-order valence-electron chi connectivity index (χ1n) is 6.84. The van der Waals surface area contributed by atoms with Crippen LogP contribution in [-0.2, 0) is 11.2 Å². The molecule has 0 radical (unpaired) electrons. The SMILES string of the molecule is CC(C)(C)NC(=O)C(CN)Cc1cn2ccccc2n1. The minimum atomic E-state index is -0.251. The summed E-state index contributed by atoms with van der Waals surface area (Å²) in [6, 6.07) is 5.83. The Morgan fingerprint density at radius 2 is 2.20 bits per heavy atom. The fourth-order valence-corrected chi connectivity index (χ4v) is 2.09. The maximum Gasteiger partial charge on any atom is 0.225 e. The second kappa shape index (κ2) is 5.63. The number of hydrogen-bond acceptors (Lipinski definition) is 3. The minimum absolute atomic E-state index is 0.0166. The van der Waals surface area contributed by atoms with Gasteiger partial charge in [-0.1, -0.05) is 6.07 Å². The van der Waals surface area contributed by atoms with Crippen molar-refractivity contribution in [3.63, 3.8) is 0 Å². The van der Waals surface area contributed by atoms with Crippen LogP contribution in [0.25, 0.3) is 5.65 Å². The average Bonchev–Trinajstić information content (AvgIpc) is 2.75. The third-order valence-electron chi connectivity index (χ3n) is 3.02. The normalized spacial score (nSPS) is 13.4. The number of imidazole rings is 1. The fourth-order valence-electron chi connectivity index (χ4n) is 2.09. The monoisotopic (exact) mass is 274 g/mol. The lowest BCUT2D eigenvalue weighted by atomic mass is 10.0. The van der Waals surface area contributed by atoms with Crippen LogP contribution in [0.2, 0.25) is 0 Å². The van der Waals surface area contributed by atoms with Crippen molar-refractivity contribution in [2.45, 2.75) is 32.7 Å². The Kier molecular flexibility index (Phi) is 4.09. The Morgan fingerprint density at radius 1 is 1.45 bits per heavy atom. The van der Waals surface area contributed by atoms with Crippen molar-refractivity contribution < 1.29 is 4.79 Å². The van der Waals surface area contributed by atoms with Crippen molar-refractivity contribution in [3.05, 3.63) is 36.3 Å². The molecule has 1 unspecified atom stereocenters. The van der Waals surface area contributed by atoms with Gasteiger partial charge in [0, 0.05) is 30.9 Å². The second-order valence-electron chi connectivity index (χ2n) is 6.07. The highest BCUT2D eigenvalue weighted by atomic mass is 16.2. The zero-order valence-electron chi connectivity index (χ0n) is 12.3. The summed E-state index contributed by atoms with van der Waals surface area (Å²) in [4.78, 5) is 16.7. The standard InChI is InChI=1S/C15H22N4O/c1-15(2,3)18-14(20)11(9-16)8-12-10-19-7-5-4-6-13(19)17-12/h4-7,10-11H,8-9,16H2,1-3H3,(H,18,20). The molecule has 0 bridgehead atoms. The predicted octanol–water partition coefficient (Wildman–Crippen LogP) is 1.37. The zero-order valence-corrected chi connectivity index (χ0v) is 12.3. The van der Waals surface area contributed by atoms with Crippen LogP contribution in [0.3, 0.4) is 0 Å². The topological polar surface area (TPSA) is 72.4 Å². The number of fused-ring (bicyclic) bond motifs is 1. The van der Waals surface area contributed by atoms with Gasteiger partial charge in [0.15, 0.2) is 0 Å². The van der Waals surface area contributed by atoms with Crippen LogP contribution >= 0.6 is 0 Å². The first kappa shape index (κ1) is 14.5. The molecule has 0 saturated carbocycles. The third-order valence-corrected chi connectivity index (χ3v) is 3.02. The van der Waals surface area contributed by atoms with Gasteiger partial charge in [0.2, 0.25) is 5.91 Å². The van der Waals surface area contributed by atoms with E-state index in [0.717, 1.165) is 11.3 Å². The molecule has 0 aliphatic heterocycles. The minimum Gasteiger partial charge on any atom is -0.351 e. The van der Waals surface area contributed by atoms with Gasteiger partial charge in [-0.3, -0.25) is 4.79 Å². The molecule has 2 aromatic heterocycles. The van der Waals surface area contributed by atoms with Gasteiger partial charge in [-0.2, -0.15) is 0 Å². The number of nitrogens with one attached hydrogen (secondary N) is 1. The number of nitrogens with zero attached hydrogens (tertiary/aromatic N) is 2. The lowest BCUT2D eigenvalue weighted by Gasteiger charge is -2.24. The Labute approximate surface area is 119 Å². The van der Waals surface area contributed by atoms with Crippen molar-refractivity contribution in [1.29, 1.82) is 0 Å². The Morgan fingerprint density at radius 3 is 2.80 bits per heavy atom. The molecule has 20 heavy (non-hydrogen) atoms. The van der Waals surface area contributed by atoms with Crippen molar-refractivity contribution in [1.82, 2.24) is 14.7 Å². The summed E-state index contributed by atoms with van der Waals surface area (Å²) >= 11 is 0. The summed E-state index contributed by atoms with van der Waals surface area (Å²) in [7, 11) is 0. The van der Waals surface area contributed by atoms with Crippen LogP contribution in [-0.4, -0.2) is 27.4 Å². The molecule has 0 spiro atoms. The third kappa shape index (κ3) is 3.57. The summed E-state index contributed by atoms with van der Waals surface area (Å²) in [6.45, 7) is 6.20. The van der Waals surface area contributed by atoms with Crippen molar-refractivity contribution in [3.8, 4) is 0 Å². The van der Waals surface area contributed by atoms with Crippen LogP contribution in [0.1, 0.15) is 26.5 Å². The van der Waals surface area contributed by atoms with Crippen molar-refractivity contribution in [2.24, 2.45) is 11.7 Å². The molecule has 2 heterocycles. The Hall–Kier alpha value is -1.88. The summed E-state index contributed by atoms with van der Waals surface area (Å²) in [5, 5.41) is 2.97. The molecule has 0 fully saturated rings. The average molecular weight is 274 g/mol. The van der Waals surface area contributed by atoms with Gasteiger partial charge in [0.1, 0.15) is 5.65 Å². The maximum atomic E-state index is 12.2. The molecule has 2 rings (SSSR count). The predicted molar refractivity (Wildman–Crippen MR) is 79.3 cm³/mol. The molecule has 3 N–H and O–H groups in total. The van der Waals surface area contributed by atoms with Gasteiger partial charge >= 0.3 is 0 Å². The van der Waals surface area contributed by atoms with Crippen LogP contribution < -0.4 is 11.1 Å². The Balaban J connectivity index is 2.11. The van der Waals surface area contributed by atoms with Crippen molar-refractivity contribution in [2.75, 3.05) is 6.54 Å². The molecule has 1 amide bonds. The van der Waals surface area contributed by atoms with E-state index in [-0.39, 0.29) is 17.4 Å². The summed E-state index contributed by atoms with van der Waals surface area (Å²) in [5.41, 5.74) is 7.26. The van der Waals surface area contributed by atoms with E-state index >= 15 is 0 Å². The number of rotatable bonds is 4. The summed E-state index contributed by atoms with van der Waals surface area (Å²) < 4.78 is 1.95. The van der Waals surface area contributed by atoms with Crippen LogP contribution in [0.5, 0.6) is 0 Å². The number of carbonyl (C=O) groups is 1. The largest absolute Gasteiger partial charge is 0.351 e. The lowest BCUT2D eigenvalue weighted by Crippen LogP contribution is -2.46. The van der Waals surface area contributed by atoms with E-state index in [1.165, 1.54) is 0 Å². The van der Waals surface area contributed by atoms with Crippen LogP contribution in [0, 0.1) is 5.92 Å². The highest BCUT2D eigenvalue weighted by molar-refractivity contribution is 5.79. The van der Waals surface area contributed by atoms with E-state index in [4.69, 9.17) is 5.73 Å². The highest BCUT2D eigenvalue weighted by Gasteiger charge is 2.22. The molecule has 0 aliphatic carbocycles. The molecular weight excluding hydrogens is 252 g/mol. The van der Waals surface area contributed by atoms with E-state index in [1.54, 1.807) is 0 Å². The molecule has 5 nitrogen and oxygen atoms in total. The van der Waals surface area contributed by atoms with E-state index in [9.17, 15) is 4.79 Å². The van der Waals surface area contributed by atoms with Gasteiger partial charge in [0.05, 0.1) is 11.6 Å². The molecule has 0 saturated heterocycles. The van der Waals surface area contributed by atoms with Crippen LogP contribution in [0.4, 0.5) is 0 Å². The van der Waals surface area contributed by atoms with E-state index in [0.29, 0.717) is 13.0 Å². The first-order chi connectivity index (χ1) is 9.39.